The Bertz CT molecular complexity index is 335. The van der Waals surface area contributed by atoms with Crippen molar-refractivity contribution < 1.29 is 9.53 Å². The number of carbonyl (C=O) groups is 1. The van der Waals surface area contributed by atoms with E-state index in [1.165, 1.54) is 0 Å². The molecule has 0 radical (unpaired) electrons. The molecule has 1 rings (SSSR count). The number of nitrogens with zero attached hydrogens (tertiary/aromatic N) is 2. The molecule has 0 aliphatic heterocycles. The number of aromatic nitrogens is 2. The zero-order chi connectivity index (χ0) is 10.0. The van der Waals surface area contributed by atoms with Gasteiger partial charge in [0.05, 0.1) is 6.61 Å². The van der Waals surface area contributed by atoms with E-state index >= 15 is 0 Å². The Balaban J connectivity index is 3.06. The number of halogens is 2. The average Bonchev–Trinajstić information content (AvgIpc) is 2.27. The van der Waals surface area contributed by atoms with Crippen LogP contribution in [-0.4, -0.2) is 22.1 Å². The zero-order valence-corrected chi connectivity index (χ0v) is 10.3. The molecule has 0 bridgehead atoms. The summed E-state index contributed by atoms with van der Waals surface area (Å²) in [6.07, 6.45) is 0. The highest BCUT2D eigenvalue weighted by atomic mass is 79.9. The lowest BCUT2D eigenvalue weighted by molar-refractivity contribution is 0.0514. The SMILES string of the molecule is CCOC(=O)c1c(Br)nc(Br)n1C. The molecule has 1 heterocycles. The van der Waals surface area contributed by atoms with Gasteiger partial charge in [0.2, 0.25) is 0 Å². The second-order valence-electron chi connectivity index (χ2n) is 2.30. The zero-order valence-electron chi connectivity index (χ0n) is 7.17. The standard InChI is InChI=1S/C7H8Br2N2O2/c1-3-13-6(12)4-5(8)10-7(9)11(4)2/h3H2,1-2H3. The average molecular weight is 312 g/mol. The summed E-state index contributed by atoms with van der Waals surface area (Å²) in [7, 11) is 1.73. The largest absolute Gasteiger partial charge is 0.461 e. The summed E-state index contributed by atoms with van der Waals surface area (Å²) in [5.41, 5.74) is 0.411. The minimum absolute atomic E-state index is 0.355. The Morgan fingerprint density at radius 2 is 2.23 bits per heavy atom. The first-order valence-electron chi connectivity index (χ1n) is 3.62. The monoisotopic (exact) mass is 310 g/mol. The lowest BCUT2D eigenvalue weighted by Gasteiger charge is -2.02. The maximum atomic E-state index is 11.4. The van der Waals surface area contributed by atoms with Crippen molar-refractivity contribution in [3.8, 4) is 0 Å². The topological polar surface area (TPSA) is 44.1 Å². The van der Waals surface area contributed by atoms with E-state index in [0.717, 1.165) is 0 Å². The molecule has 0 fully saturated rings. The first kappa shape index (κ1) is 10.7. The summed E-state index contributed by atoms with van der Waals surface area (Å²) in [4.78, 5) is 15.4. The minimum Gasteiger partial charge on any atom is -0.461 e. The molecule has 13 heavy (non-hydrogen) atoms. The molecule has 4 nitrogen and oxygen atoms in total. The van der Waals surface area contributed by atoms with E-state index in [9.17, 15) is 4.79 Å². The van der Waals surface area contributed by atoms with Crippen LogP contribution in [0.4, 0.5) is 0 Å². The van der Waals surface area contributed by atoms with E-state index in [-0.39, 0.29) is 5.97 Å². The van der Waals surface area contributed by atoms with E-state index in [2.05, 4.69) is 36.8 Å². The van der Waals surface area contributed by atoms with Crippen LogP contribution in [0.15, 0.2) is 9.34 Å². The van der Waals surface area contributed by atoms with Crippen molar-refractivity contribution in [3.63, 3.8) is 0 Å². The number of hydrogen-bond donors (Lipinski definition) is 0. The Labute approximate surface area is 92.5 Å². The molecule has 1 aromatic heterocycles. The Hall–Kier alpha value is -0.360. The Kier molecular flexibility index (Phi) is 3.49. The van der Waals surface area contributed by atoms with Gasteiger partial charge in [-0.2, -0.15) is 0 Å². The van der Waals surface area contributed by atoms with Crippen LogP contribution in [0.5, 0.6) is 0 Å². The van der Waals surface area contributed by atoms with Gasteiger partial charge in [-0.15, -0.1) is 0 Å². The second-order valence-corrected chi connectivity index (χ2v) is 3.76. The van der Waals surface area contributed by atoms with Gasteiger partial charge in [0.1, 0.15) is 4.60 Å². The summed E-state index contributed by atoms with van der Waals surface area (Å²) in [5.74, 6) is -0.380. The van der Waals surface area contributed by atoms with Crippen LogP contribution in [0.2, 0.25) is 0 Å². The maximum Gasteiger partial charge on any atom is 0.357 e. The number of ether oxygens (including phenoxy) is 1. The third-order valence-corrected chi connectivity index (χ3v) is 2.73. The third-order valence-electron chi connectivity index (χ3n) is 1.47. The smallest absolute Gasteiger partial charge is 0.357 e. The molecule has 6 heteroatoms. The summed E-state index contributed by atoms with van der Waals surface area (Å²) < 4.78 is 7.54. The van der Waals surface area contributed by atoms with Crippen LogP contribution in [0.25, 0.3) is 0 Å². The molecule has 0 unspecified atom stereocenters. The van der Waals surface area contributed by atoms with Crippen molar-refractivity contribution in [3.05, 3.63) is 15.0 Å². The van der Waals surface area contributed by atoms with Crippen LogP contribution >= 0.6 is 31.9 Å². The molecule has 0 spiro atoms. The van der Waals surface area contributed by atoms with Gasteiger partial charge in [0.25, 0.3) is 0 Å². The van der Waals surface area contributed by atoms with Crippen LogP contribution in [0.3, 0.4) is 0 Å². The summed E-state index contributed by atoms with van der Waals surface area (Å²) in [6.45, 7) is 2.12. The summed E-state index contributed by atoms with van der Waals surface area (Å²) >= 11 is 6.38. The van der Waals surface area contributed by atoms with Crippen molar-refractivity contribution in [2.75, 3.05) is 6.61 Å². The van der Waals surface area contributed by atoms with Gasteiger partial charge in [-0.3, -0.25) is 0 Å². The number of rotatable bonds is 2. The van der Waals surface area contributed by atoms with Gasteiger partial charge in [-0.25, -0.2) is 9.78 Å². The highest BCUT2D eigenvalue weighted by Crippen LogP contribution is 2.20. The number of esters is 1. The highest BCUT2D eigenvalue weighted by molar-refractivity contribution is 9.11. The molecule has 0 saturated carbocycles. The lowest BCUT2D eigenvalue weighted by atomic mass is 10.5. The van der Waals surface area contributed by atoms with Gasteiger partial charge >= 0.3 is 5.97 Å². The summed E-state index contributed by atoms with van der Waals surface area (Å²) in [6, 6.07) is 0. The molecule has 72 valence electrons. The Morgan fingerprint density at radius 3 is 2.62 bits per heavy atom. The molecular weight excluding hydrogens is 304 g/mol. The van der Waals surface area contributed by atoms with Crippen molar-refractivity contribution >= 4 is 37.8 Å². The molecular formula is C7H8Br2N2O2. The fraction of sp³-hybridized carbons (Fsp3) is 0.429. The predicted molar refractivity (Wildman–Crippen MR) is 54.6 cm³/mol. The van der Waals surface area contributed by atoms with E-state index < -0.39 is 0 Å². The number of carbonyl (C=O) groups excluding carboxylic acids is 1. The second kappa shape index (κ2) is 4.23. The van der Waals surface area contributed by atoms with Gasteiger partial charge < -0.3 is 9.30 Å². The predicted octanol–water partition coefficient (Wildman–Crippen LogP) is 2.12. The van der Waals surface area contributed by atoms with Crippen molar-refractivity contribution in [2.45, 2.75) is 6.92 Å². The van der Waals surface area contributed by atoms with E-state index in [0.29, 0.717) is 21.6 Å². The first-order valence-corrected chi connectivity index (χ1v) is 5.21. The fourth-order valence-corrected chi connectivity index (χ4v) is 2.05. The van der Waals surface area contributed by atoms with Gasteiger partial charge in [0.15, 0.2) is 10.4 Å². The molecule has 0 saturated heterocycles. The Morgan fingerprint density at radius 1 is 1.62 bits per heavy atom. The van der Waals surface area contributed by atoms with Crippen LogP contribution in [0.1, 0.15) is 17.4 Å². The minimum atomic E-state index is -0.380. The van der Waals surface area contributed by atoms with Crippen LogP contribution in [0, 0.1) is 0 Å². The maximum absolute atomic E-state index is 11.4. The van der Waals surface area contributed by atoms with Crippen molar-refractivity contribution in [1.29, 1.82) is 0 Å². The molecule has 1 aromatic rings. The quantitative estimate of drug-likeness (QED) is 0.786. The normalized spacial score (nSPS) is 10.2. The van der Waals surface area contributed by atoms with E-state index in [1.807, 2.05) is 0 Å². The summed E-state index contributed by atoms with van der Waals surface area (Å²) in [5, 5.41) is 0. The molecule has 0 N–H and O–H groups in total. The molecule has 0 aliphatic carbocycles. The van der Waals surface area contributed by atoms with Crippen molar-refractivity contribution in [2.24, 2.45) is 7.05 Å². The molecule has 0 atom stereocenters. The molecule has 0 aromatic carbocycles. The highest BCUT2D eigenvalue weighted by Gasteiger charge is 2.19. The molecule has 0 amide bonds. The fourth-order valence-electron chi connectivity index (χ4n) is 0.860. The van der Waals surface area contributed by atoms with Gasteiger partial charge in [-0.05, 0) is 38.8 Å². The molecule has 0 aliphatic rings. The van der Waals surface area contributed by atoms with Crippen molar-refractivity contribution in [1.82, 2.24) is 9.55 Å². The lowest BCUT2D eigenvalue weighted by Crippen LogP contribution is -2.10. The van der Waals surface area contributed by atoms with Gasteiger partial charge in [0, 0.05) is 7.05 Å². The van der Waals surface area contributed by atoms with Gasteiger partial charge in [-0.1, -0.05) is 0 Å². The van der Waals surface area contributed by atoms with Crippen LogP contribution in [-0.2, 0) is 11.8 Å². The number of hydrogen-bond acceptors (Lipinski definition) is 3. The number of imidazole rings is 1. The third kappa shape index (κ3) is 2.11. The van der Waals surface area contributed by atoms with E-state index in [1.54, 1.807) is 18.5 Å². The first-order chi connectivity index (χ1) is 6.07. The van der Waals surface area contributed by atoms with E-state index in [4.69, 9.17) is 4.74 Å². The van der Waals surface area contributed by atoms with Crippen LogP contribution < -0.4 is 0 Å².